The Kier molecular flexibility index (Phi) is 4.20. The van der Waals surface area contributed by atoms with Gasteiger partial charge in [0.05, 0.1) is 23.1 Å². The molecule has 1 saturated heterocycles. The Hall–Kier alpha value is -2.60. The quantitative estimate of drug-likeness (QED) is 0.699. The summed E-state index contributed by atoms with van der Waals surface area (Å²) in [4.78, 5) is 20.6. The van der Waals surface area contributed by atoms with Crippen molar-refractivity contribution in [1.82, 2.24) is 24.6 Å². The molecule has 5 rings (SSSR count). The van der Waals surface area contributed by atoms with Gasteiger partial charge in [-0.15, -0.1) is 0 Å². The Morgan fingerprint density at radius 3 is 2.78 bits per heavy atom. The molecule has 3 aromatic rings. The van der Waals surface area contributed by atoms with E-state index in [1.165, 1.54) is 12.8 Å². The van der Waals surface area contributed by atoms with Gasteiger partial charge >= 0.3 is 0 Å². The molecule has 1 aliphatic carbocycles. The summed E-state index contributed by atoms with van der Waals surface area (Å²) in [7, 11) is 0. The lowest BCUT2D eigenvalue weighted by Gasteiger charge is -2.26. The summed E-state index contributed by atoms with van der Waals surface area (Å²) in [6.07, 6.45) is 8.15. The van der Waals surface area contributed by atoms with E-state index in [1.807, 2.05) is 41.1 Å². The second-order valence-electron chi connectivity index (χ2n) is 7.73. The first kappa shape index (κ1) is 16.6. The highest BCUT2D eigenvalue weighted by molar-refractivity contribution is 5.77. The van der Waals surface area contributed by atoms with Crippen molar-refractivity contribution in [2.24, 2.45) is 5.92 Å². The summed E-state index contributed by atoms with van der Waals surface area (Å²) in [6, 6.07) is 9.91. The SMILES string of the molecule is O=c1c2ccccc2nc(C2CCCN2Cc2ccnnc2)n1CC1CC1. The van der Waals surface area contributed by atoms with Crippen molar-refractivity contribution in [2.45, 2.75) is 44.8 Å². The number of hydrogen-bond acceptors (Lipinski definition) is 5. The van der Waals surface area contributed by atoms with E-state index in [9.17, 15) is 4.79 Å². The minimum Gasteiger partial charge on any atom is -0.295 e. The van der Waals surface area contributed by atoms with Crippen LogP contribution in [0.1, 0.15) is 43.1 Å². The van der Waals surface area contributed by atoms with Gasteiger partial charge < -0.3 is 0 Å². The first-order chi connectivity index (χ1) is 13.3. The van der Waals surface area contributed by atoms with Gasteiger partial charge in [0.2, 0.25) is 0 Å². The average molecular weight is 361 g/mol. The van der Waals surface area contributed by atoms with E-state index in [4.69, 9.17) is 4.98 Å². The molecule has 1 aromatic carbocycles. The molecule has 6 heteroatoms. The van der Waals surface area contributed by atoms with E-state index in [-0.39, 0.29) is 11.6 Å². The molecular formula is C21H23N5O. The van der Waals surface area contributed by atoms with E-state index < -0.39 is 0 Å². The molecule has 3 heterocycles. The minimum absolute atomic E-state index is 0.111. The normalized spacial score (nSPS) is 20.4. The molecule has 1 aliphatic heterocycles. The first-order valence-corrected chi connectivity index (χ1v) is 9.79. The second kappa shape index (κ2) is 6.85. The summed E-state index contributed by atoms with van der Waals surface area (Å²) >= 11 is 0. The first-order valence-electron chi connectivity index (χ1n) is 9.79. The summed E-state index contributed by atoms with van der Waals surface area (Å²) in [5, 5.41) is 8.59. The Morgan fingerprint density at radius 2 is 1.96 bits per heavy atom. The van der Waals surface area contributed by atoms with Crippen LogP contribution in [-0.2, 0) is 13.1 Å². The zero-order chi connectivity index (χ0) is 18.2. The Morgan fingerprint density at radius 1 is 1.07 bits per heavy atom. The topological polar surface area (TPSA) is 63.9 Å². The lowest BCUT2D eigenvalue weighted by molar-refractivity contribution is 0.232. The Bertz CT molecular complexity index is 1010. The highest BCUT2D eigenvalue weighted by atomic mass is 16.1. The Labute approximate surface area is 157 Å². The lowest BCUT2D eigenvalue weighted by atomic mass is 10.1. The molecule has 0 amide bonds. The largest absolute Gasteiger partial charge is 0.295 e. The number of nitrogens with zero attached hydrogens (tertiary/aromatic N) is 5. The van der Waals surface area contributed by atoms with Crippen LogP contribution >= 0.6 is 0 Å². The predicted octanol–water partition coefficient (Wildman–Crippen LogP) is 2.93. The summed E-state index contributed by atoms with van der Waals surface area (Å²) in [5.41, 5.74) is 2.07. The number of rotatable bonds is 5. The fourth-order valence-electron chi connectivity index (χ4n) is 4.13. The zero-order valence-corrected chi connectivity index (χ0v) is 15.3. The molecule has 1 unspecified atom stereocenters. The minimum atomic E-state index is 0.111. The third kappa shape index (κ3) is 3.25. The summed E-state index contributed by atoms with van der Waals surface area (Å²) in [5.74, 6) is 1.56. The number of likely N-dealkylation sites (tertiary alicyclic amines) is 1. The molecule has 2 fully saturated rings. The van der Waals surface area contributed by atoms with Crippen molar-refractivity contribution in [3.05, 3.63) is 64.5 Å². The number of para-hydroxylation sites is 1. The van der Waals surface area contributed by atoms with Gasteiger partial charge in [-0.05, 0) is 61.9 Å². The van der Waals surface area contributed by atoms with Crippen molar-refractivity contribution in [3.8, 4) is 0 Å². The van der Waals surface area contributed by atoms with Crippen molar-refractivity contribution < 1.29 is 0 Å². The monoisotopic (exact) mass is 361 g/mol. The van der Waals surface area contributed by atoms with Gasteiger partial charge in [-0.2, -0.15) is 10.2 Å². The van der Waals surface area contributed by atoms with Gasteiger partial charge in [0.1, 0.15) is 5.82 Å². The van der Waals surface area contributed by atoms with Crippen LogP contribution in [0.25, 0.3) is 10.9 Å². The predicted molar refractivity (Wildman–Crippen MR) is 103 cm³/mol. The van der Waals surface area contributed by atoms with Crippen LogP contribution in [0.4, 0.5) is 0 Å². The van der Waals surface area contributed by atoms with Gasteiger partial charge in [-0.25, -0.2) is 4.98 Å². The standard InChI is InChI=1S/C21H23N5O/c27-21-17-4-1-2-5-18(17)24-20(26(21)14-15-7-8-15)19-6-3-11-25(19)13-16-9-10-22-23-12-16/h1-2,4-5,9-10,12,15,19H,3,6-8,11,13-14H2. The molecule has 0 radical (unpaired) electrons. The molecule has 6 nitrogen and oxygen atoms in total. The van der Waals surface area contributed by atoms with Gasteiger partial charge in [-0.3, -0.25) is 14.3 Å². The molecular weight excluding hydrogens is 338 g/mol. The van der Waals surface area contributed by atoms with Gasteiger partial charge in [-0.1, -0.05) is 12.1 Å². The van der Waals surface area contributed by atoms with E-state index >= 15 is 0 Å². The molecule has 0 bridgehead atoms. The maximum atomic E-state index is 13.2. The van der Waals surface area contributed by atoms with Gasteiger partial charge in [0.15, 0.2) is 0 Å². The summed E-state index contributed by atoms with van der Waals surface area (Å²) in [6.45, 7) is 2.62. The van der Waals surface area contributed by atoms with Crippen molar-refractivity contribution >= 4 is 10.9 Å². The molecule has 27 heavy (non-hydrogen) atoms. The highest BCUT2D eigenvalue weighted by Gasteiger charge is 2.32. The smallest absolute Gasteiger partial charge is 0.261 e. The van der Waals surface area contributed by atoms with E-state index in [0.29, 0.717) is 5.92 Å². The molecule has 2 aromatic heterocycles. The van der Waals surface area contributed by atoms with Crippen molar-refractivity contribution in [3.63, 3.8) is 0 Å². The van der Waals surface area contributed by atoms with Gasteiger partial charge in [0, 0.05) is 19.3 Å². The van der Waals surface area contributed by atoms with Gasteiger partial charge in [0.25, 0.3) is 5.56 Å². The number of benzene rings is 1. The van der Waals surface area contributed by atoms with Crippen LogP contribution < -0.4 is 5.56 Å². The zero-order valence-electron chi connectivity index (χ0n) is 15.3. The molecule has 1 atom stereocenters. The Balaban J connectivity index is 1.56. The van der Waals surface area contributed by atoms with Crippen LogP contribution in [0.3, 0.4) is 0 Å². The van der Waals surface area contributed by atoms with Crippen LogP contribution in [0.15, 0.2) is 47.5 Å². The maximum absolute atomic E-state index is 13.2. The van der Waals surface area contributed by atoms with Crippen LogP contribution in [0.5, 0.6) is 0 Å². The molecule has 2 aliphatic rings. The number of aromatic nitrogens is 4. The van der Waals surface area contributed by atoms with Crippen molar-refractivity contribution in [1.29, 1.82) is 0 Å². The maximum Gasteiger partial charge on any atom is 0.261 e. The molecule has 0 N–H and O–H groups in total. The molecule has 0 spiro atoms. The number of hydrogen-bond donors (Lipinski definition) is 0. The highest BCUT2D eigenvalue weighted by Crippen LogP contribution is 2.35. The second-order valence-corrected chi connectivity index (χ2v) is 7.73. The average Bonchev–Trinajstić information content (AvgIpc) is 3.41. The fourth-order valence-corrected chi connectivity index (χ4v) is 4.13. The van der Waals surface area contributed by atoms with E-state index in [2.05, 4.69) is 15.1 Å². The van der Waals surface area contributed by atoms with Crippen molar-refractivity contribution in [2.75, 3.05) is 6.54 Å². The number of fused-ring (bicyclic) bond motifs is 1. The van der Waals surface area contributed by atoms with Crippen LogP contribution in [0, 0.1) is 5.92 Å². The van der Waals surface area contributed by atoms with Crippen LogP contribution in [0.2, 0.25) is 0 Å². The molecule has 138 valence electrons. The summed E-state index contributed by atoms with van der Waals surface area (Å²) < 4.78 is 1.97. The molecule has 1 saturated carbocycles. The van der Waals surface area contributed by atoms with Crippen LogP contribution in [-0.4, -0.2) is 31.2 Å². The van der Waals surface area contributed by atoms with E-state index in [0.717, 1.165) is 54.8 Å². The van der Waals surface area contributed by atoms with E-state index in [1.54, 1.807) is 6.20 Å². The fraction of sp³-hybridized carbons (Fsp3) is 0.429. The third-order valence-electron chi connectivity index (χ3n) is 5.72. The lowest BCUT2D eigenvalue weighted by Crippen LogP contribution is -2.32. The third-order valence-corrected chi connectivity index (χ3v) is 5.72.